The molecule has 1 unspecified atom stereocenters. The van der Waals surface area contributed by atoms with E-state index in [0.29, 0.717) is 0 Å². The number of carbonyl (C=O) groups excluding carboxylic acids is 1. The lowest BCUT2D eigenvalue weighted by Crippen LogP contribution is -2.52. The fourth-order valence-electron chi connectivity index (χ4n) is 5.51. The molecule has 166 valence electrons. The van der Waals surface area contributed by atoms with Crippen molar-refractivity contribution in [2.75, 3.05) is 28.0 Å². The minimum Gasteiger partial charge on any atom is -0.468 e. The van der Waals surface area contributed by atoms with Crippen LogP contribution in [0.5, 0.6) is 5.75 Å². The van der Waals surface area contributed by atoms with E-state index in [0.717, 1.165) is 44.3 Å². The zero-order valence-electron chi connectivity index (χ0n) is 18.9. The fourth-order valence-corrected chi connectivity index (χ4v) is 5.51. The summed E-state index contributed by atoms with van der Waals surface area (Å²) in [7, 11) is 5.95. The third-order valence-corrected chi connectivity index (χ3v) is 7.33. The fraction of sp³-hybridized carbons (Fsp3) is 0.500. The second kappa shape index (κ2) is 9.01. The van der Waals surface area contributed by atoms with Gasteiger partial charge in [0.15, 0.2) is 6.79 Å². The molecule has 1 aliphatic carbocycles. The highest BCUT2D eigenvalue weighted by atomic mass is 16.7. The van der Waals surface area contributed by atoms with Crippen molar-refractivity contribution in [3.05, 3.63) is 65.7 Å². The second-order valence-corrected chi connectivity index (χ2v) is 9.37. The van der Waals surface area contributed by atoms with Crippen LogP contribution in [0, 0.1) is 5.92 Å². The van der Waals surface area contributed by atoms with Gasteiger partial charge in [0.2, 0.25) is 5.91 Å². The average molecular weight is 423 g/mol. The highest BCUT2D eigenvalue weighted by Crippen LogP contribution is 2.48. The van der Waals surface area contributed by atoms with Gasteiger partial charge in [-0.25, -0.2) is 0 Å². The van der Waals surface area contributed by atoms with E-state index in [-0.39, 0.29) is 29.7 Å². The number of ether oxygens (including phenoxy) is 2. The molecule has 5 heteroatoms. The van der Waals surface area contributed by atoms with E-state index < -0.39 is 0 Å². The van der Waals surface area contributed by atoms with Crippen LogP contribution in [-0.4, -0.2) is 44.3 Å². The van der Waals surface area contributed by atoms with Gasteiger partial charge >= 0.3 is 0 Å². The van der Waals surface area contributed by atoms with Crippen LogP contribution in [0.3, 0.4) is 0 Å². The van der Waals surface area contributed by atoms with E-state index in [9.17, 15) is 4.79 Å². The number of nitrogens with zero attached hydrogens (tertiary/aromatic N) is 1. The Labute approximate surface area is 185 Å². The van der Waals surface area contributed by atoms with Gasteiger partial charge in [0.1, 0.15) is 5.75 Å². The number of benzene rings is 2. The van der Waals surface area contributed by atoms with Crippen LogP contribution in [-0.2, 0) is 21.5 Å². The first kappa shape index (κ1) is 21.8. The molecule has 1 amide bonds. The summed E-state index contributed by atoms with van der Waals surface area (Å²) in [6, 6.07) is 18.7. The van der Waals surface area contributed by atoms with Crippen LogP contribution in [0.2, 0.25) is 0 Å². The van der Waals surface area contributed by atoms with Gasteiger partial charge in [-0.05, 0) is 75.9 Å². The molecule has 0 bridgehead atoms. The van der Waals surface area contributed by atoms with Crippen LogP contribution in [0.15, 0.2) is 54.6 Å². The molecule has 1 aliphatic heterocycles. The monoisotopic (exact) mass is 422 g/mol. The first-order valence-corrected chi connectivity index (χ1v) is 11.2. The Morgan fingerprint density at radius 3 is 2.45 bits per heavy atom. The molecule has 5 nitrogen and oxygen atoms in total. The molecule has 1 atom stereocenters. The van der Waals surface area contributed by atoms with Gasteiger partial charge in [-0.3, -0.25) is 9.69 Å². The van der Waals surface area contributed by atoms with Crippen molar-refractivity contribution in [1.82, 2.24) is 10.2 Å². The van der Waals surface area contributed by atoms with Crippen LogP contribution >= 0.6 is 0 Å². The average Bonchev–Trinajstić information content (AvgIpc) is 3.08. The first-order valence-electron chi connectivity index (χ1n) is 11.2. The van der Waals surface area contributed by atoms with Crippen molar-refractivity contribution in [2.24, 2.45) is 5.92 Å². The molecule has 1 N–H and O–H groups in total. The van der Waals surface area contributed by atoms with E-state index in [1.54, 1.807) is 7.11 Å². The summed E-state index contributed by atoms with van der Waals surface area (Å²) in [5, 5.41) is 3.41. The zero-order chi connectivity index (χ0) is 21.9. The Hall–Kier alpha value is -2.37. The number of methoxy groups -OCH3 is 1. The summed E-state index contributed by atoms with van der Waals surface area (Å²) in [5.74, 6) is 1.12. The molecule has 31 heavy (non-hydrogen) atoms. The van der Waals surface area contributed by atoms with Crippen molar-refractivity contribution >= 4 is 5.91 Å². The number of hydrogen-bond acceptors (Lipinski definition) is 4. The summed E-state index contributed by atoms with van der Waals surface area (Å²) in [5.41, 5.74) is 2.39. The Balaban J connectivity index is 1.48. The molecule has 4 rings (SSSR count). The predicted molar refractivity (Wildman–Crippen MR) is 122 cm³/mol. The van der Waals surface area contributed by atoms with Crippen LogP contribution in [0.4, 0.5) is 0 Å². The third kappa shape index (κ3) is 4.48. The van der Waals surface area contributed by atoms with Gasteiger partial charge in [-0.2, -0.15) is 0 Å². The molecule has 1 saturated heterocycles. The molecule has 2 fully saturated rings. The van der Waals surface area contributed by atoms with Gasteiger partial charge in [-0.1, -0.05) is 42.5 Å². The molecule has 0 radical (unpaired) electrons. The summed E-state index contributed by atoms with van der Waals surface area (Å²) < 4.78 is 10.7. The first-order chi connectivity index (χ1) is 15.0. The number of nitrogens with one attached hydrogen (secondary N) is 1. The van der Waals surface area contributed by atoms with Crippen molar-refractivity contribution in [2.45, 2.75) is 49.6 Å². The minimum absolute atomic E-state index is 0.0556. The van der Waals surface area contributed by atoms with Gasteiger partial charge < -0.3 is 14.8 Å². The lowest BCUT2D eigenvalue weighted by atomic mass is 9.67. The van der Waals surface area contributed by atoms with Crippen molar-refractivity contribution in [3.63, 3.8) is 0 Å². The van der Waals surface area contributed by atoms with E-state index in [2.05, 4.69) is 66.8 Å². The summed E-state index contributed by atoms with van der Waals surface area (Å²) in [4.78, 5) is 15.2. The molecule has 2 aliphatic rings. The smallest absolute Gasteiger partial charge is 0.223 e. The lowest BCUT2D eigenvalue weighted by molar-refractivity contribution is -0.123. The predicted octanol–water partition coefficient (Wildman–Crippen LogP) is 4.12. The second-order valence-electron chi connectivity index (χ2n) is 9.37. The molecular formula is C26H34N2O3. The lowest BCUT2D eigenvalue weighted by Gasteiger charge is -2.49. The Kier molecular flexibility index (Phi) is 6.35. The summed E-state index contributed by atoms with van der Waals surface area (Å²) in [6.45, 7) is 0.246. The van der Waals surface area contributed by atoms with E-state index in [1.165, 1.54) is 11.1 Å². The SMILES string of the molecule is COCOc1cccc(C2(N(C)C)CCC3(CC2)CC(Cc2ccccc2)C(=O)N3)c1. The Morgan fingerprint density at radius 2 is 1.77 bits per heavy atom. The van der Waals surface area contributed by atoms with Gasteiger partial charge in [0.25, 0.3) is 0 Å². The van der Waals surface area contributed by atoms with E-state index in [1.807, 2.05) is 12.1 Å². The molecule has 2 aromatic rings. The maximum atomic E-state index is 12.8. The Morgan fingerprint density at radius 1 is 1.03 bits per heavy atom. The standard InChI is InChI=1S/C26H34N2O3/c1-28(2)26(22-10-7-11-23(17-22)31-19-30-3)14-12-25(13-15-26)18-21(24(29)27-25)16-20-8-5-4-6-9-20/h4-11,17,21H,12-16,18-19H2,1-3H3,(H,27,29). The minimum atomic E-state index is -0.0692. The number of carbonyl (C=O) groups is 1. The maximum Gasteiger partial charge on any atom is 0.223 e. The molecule has 1 heterocycles. The topological polar surface area (TPSA) is 50.8 Å². The normalized spacial score (nSPS) is 28.1. The largest absolute Gasteiger partial charge is 0.468 e. The molecule has 2 aromatic carbocycles. The molecule has 0 aromatic heterocycles. The molecular weight excluding hydrogens is 388 g/mol. The van der Waals surface area contributed by atoms with Gasteiger partial charge in [0.05, 0.1) is 0 Å². The van der Waals surface area contributed by atoms with Crippen LogP contribution in [0.25, 0.3) is 0 Å². The molecule has 1 spiro atoms. The maximum absolute atomic E-state index is 12.8. The quantitative estimate of drug-likeness (QED) is 0.682. The Bertz CT molecular complexity index is 889. The third-order valence-electron chi connectivity index (χ3n) is 7.33. The van der Waals surface area contributed by atoms with Crippen LogP contribution < -0.4 is 10.1 Å². The van der Waals surface area contributed by atoms with Crippen molar-refractivity contribution < 1.29 is 14.3 Å². The highest BCUT2D eigenvalue weighted by molar-refractivity contribution is 5.82. The summed E-state index contributed by atoms with van der Waals surface area (Å²) in [6.07, 6.45) is 5.75. The molecule has 1 saturated carbocycles. The zero-order valence-corrected chi connectivity index (χ0v) is 18.9. The van der Waals surface area contributed by atoms with Gasteiger partial charge in [-0.15, -0.1) is 0 Å². The number of hydrogen-bond donors (Lipinski definition) is 1. The van der Waals surface area contributed by atoms with E-state index >= 15 is 0 Å². The highest BCUT2D eigenvalue weighted by Gasteiger charge is 2.50. The van der Waals surface area contributed by atoms with Crippen molar-refractivity contribution in [3.8, 4) is 5.75 Å². The number of rotatable bonds is 7. The van der Waals surface area contributed by atoms with E-state index in [4.69, 9.17) is 9.47 Å². The number of amides is 1. The van der Waals surface area contributed by atoms with Crippen molar-refractivity contribution in [1.29, 1.82) is 0 Å². The summed E-state index contributed by atoms with van der Waals surface area (Å²) >= 11 is 0. The van der Waals surface area contributed by atoms with Gasteiger partial charge in [0, 0.05) is 24.1 Å². The van der Waals surface area contributed by atoms with Crippen LogP contribution in [0.1, 0.15) is 43.2 Å².